The molecule has 0 bridgehead atoms. The van der Waals surface area contributed by atoms with Crippen molar-refractivity contribution in [3.63, 3.8) is 0 Å². The van der Waals surface area contributed by atoms with Crippen LogP contribution in [0, 0.1) is 17.8 Å². The Morgan fingerprint density at radius 2 is 2.23 bits per heavy atom. The van der Waals surface area contributed by atoms with Crippen LogP contribution >= 0.6 is 0 Å². The van der Waals surface area contributed by atoms with Crippen molar-refractivity contribution in [3.05, 3.63) is 0 Å². The molecule has 0 aromatic rings. The minimum atomic E-state index is -0.220. The molecule has 0 atom stereocenters. The number of terminal acetylenes is 1. The standard InChI is InChI=1S/C10H16N2O/c1-3-6-12-9(13)10(2)4-7-11-8-5-10/h1,11H,4-8H2,2H3,(H,12,13). The van der Waals surface area contributed by atoms with Crippen LogP contribution in [0.25, 0.3) is 0 Å². The van der Waals surface area contributed by atoms with E-state index in [0.29, 0.717) is 6.54 Å². The van der Waals surface area contributed by atoms with Crippen molar-refractivity contribution in [1.29, 1.82) is 0 Å². The Hall–Kier alpha value is -1.01. The lowest BCUT2D eigenvalue weighted by molar-refractivity contribution is -0.131. The molecule has 0 spiro atoms. The minimum Gasteiger partial charge on any atom is -0.345 e. The van der Waals surface area contributed by atoms with Crippen molar-refractivity contribution in [2.75, 3.05) is 19.6 Å². The maximum absolute atomic E-state index is 11.6. The van der Waals surface area contributed by atoms with Gasteiger partial charge >= 0.3 is 0 Å². The second-order valence-electron chi connectivity index (χ2n) is 3.70. The molecule has 1 aliphatic heterocycles. The third-order valence-corrected chi connectivity index (χ3v) is 2.61. The molecule has 1 heterocycles. The first-order chi connectivity index (χ1) is 6.19. The topological polar surface area (TPSA) is 41.1 Å². The van der Waals surface area contributed by atoms with Gasteiger partial charge in [0.15, 0.2) is 0 Å². The van der Waals surface area contributed by atoms with E-state index in [1.807, 2.05) is 6.92 Å². The predicted molar refractivity (Wildman–Crippen MR) is 52.1 cm³/mol. The first-order valence-corrected chi connectivity index (χ1v) is 4.61. The highest BCUT2D eigenvalue weighted by molar-refractivity contribution is 5.82. The van der Waals surface area contributed by atoms with E-state index < -0.39 is 0 Å². The summed E-state index contributed by atoms with van der Waals surface area (Å²) >= 11 is 0. The highest BCUT2D eigenvalue weighted by Gasteiger charge is 2.33. The Balaban J connectivity index is 2.47. The molecule has 1 rings (SSSR count). The van der Waals surface area contributed by atoms with Crippen LogP contribution < -0.4 is 10.6 Å². The number of hydrogen-bond donors (Lipinski definition) is 2. The van der Waals surface area contributed by atoms with Gasteiger partial charge in [-0.05, 0) is 25.9 Å². The molecule has 0 aromatic heterocycles. The quantitative estimate of drug-likeness (QED) is 0.593. The van der Waals surface area contributed by atoms with Gasteiger partial charge in [-0.3, -0.25) is 4.79 Å². The van der Waals surface area contributed by atoms with Crippen LogP contribution in [-0.4, -0.2) is 25.5 Å². The van der Waals surface area contributed by atoms with Gasteiger partial charge in [0.2, 0.25) is 5.91 Å². The van der Waals surface area contributed by atoms with Crippen molar-refractivity contribution < 1.29 is 4.79 Å². The molecule has 72 valence electrons. The number of rotatable bonds is 2. The first kappa shape index (κ1) is 10.1. The summed E-state index contributed by atoms with van der Waals surface area (Å²) in [6.45, 7) is 4.17. The fourth-order valence-corrected chi connectivity index (χ4v) is 1.55. The zero-order valence-corrected chi connectivity index (χ0v) is 8.02. The third-order valence-electron chi connectivity index (χ3n) is 2.61. The Bertz CT molecular complexity index is 224. The van der Waals surface area contributed by atoms with Crippen LogP contribution in [-0.2, 0) is 4.79 Å². The van der Waals surface area contributed by atoms with E-state index in [1.165, 1.54) is 0 Å². The van der Waals surface area contributed by atoms with Gasteiger partial charge in [-0.25, -0.2) is 0 Å². The highest BCUT2D eigenvalue weighted by Crippen LogP contribution is 2.27. The molecule has 1 aliphatic rings. The summed E-state index contributed by atoms with van der Waals surface area (Å²) in [5.41, 5.74) is -0.220. The summed E-state index contributed by atoms with van der Waals surface area (Å²) in [7, 11) is 0. The lowest BCUT2D eigenvalue weighted by Crippen LogP contribution is -2.45. The van der Waals surface area contributed by atoms with Crippen molar-refractivity contribution in [1.82, 2.24) is 10.6 Å². The molecule has 3 nitrogen and oxygen atoms in total. The predicted octanol–water partition coefficient (Wildman–Crippen LogP) is 0.125. The SMILES string of the molecule is C#CCNC(=O)C1(C)CCNCC1. The Morgan fingerprint density at radius 1 is 1.62 bits per heavy atom. The summed E-state index contributed by atoms with van der Waals surface area (Å²) < 4.78 is 0. The van der Waals surface area contributed by atoms with Gasteiger partial charge in [0, 0.05) is 5.41 Å². The van der Waals surface area contributed by atoms with Crippen LogP contribution in [0.3, 0.4) is 0 Å². The average molecular weight is 180 g/mol. The molecule has 2 N–H and O–H groups in total. The molecule has 0 saturated carbocycles. The van der Waals surface area contributed by atoms with Gasteiger partial charge in [0.05, 0.1) is 6.54 Å². The number of amides is 1. The van der Waals surface area contributed by atoms with Crippen LogP contribution in [0.4, 0.5) is 0 Å². The molecule has 1 fully saturated rings. The molecule has 1 amide bonds. The maximum atomic E-state index is 11.6. The summed E-state index contributed by atoms with van der Waals surface area (Å²) in [6.07, 6.45) is 6.86. The van der Waals surface area contributed by atoms with E-state index in [9.17, 15) is 4.79 Å². The Kier molecular flexibility index (Phi) is 3.32. The monoisotopic (exact) mass is 180 g/mol. The molecule has 1 saturated heterocycles. The van der Waals surface area contributed by atoms with Crippen molar-refractivity contribution in [3.8, 4) is 12.3 Å². The van der Waals surface area contributed by atoms with Crippen LogP contribution in [0.15, 0.2) is 0 Å². The molecule has 0 aromatic carbocycles. The molecular weight excluding hydrogens is 164 g/mol. The molecule has 3 heteroatoms. The lowest BCUT2D eigenvalue weighted by atomic mass is 9.80. The minimum absolute atomic E-state index is 0.0898. The van der Waals surface area contributed by atoms with Crippen molar-refractivity contribution >= 4 is 5.91 Å². The summed E-state index contributed by atoms with van der Waals surface area (Å²) in [5, 5.41) is 5.97. The van der Waals surface area contributed by atoms with E-state index in [1.54, 1.807) is 0 Å². The fraction of sp³-hybridized carbons (Fsp3) is 0.700. The van der Waals surface area contributed by atoms with Crippen LogP contribution in [0.1, 0.15) is 19.8 Å². The Morgan fingerprint density at radius 3 is 2.77 bits per heavy atom. The van der Waals surface area contributed by atoms with E-state index in [2.05, 4.69) is 16.6 Å². The number of carbonyl (C=O) groups is 1. The van der Waals surface area contributed by atoms with Crippen LogP contribution in [0.5, 0.6) is 0 Å². The largest absolute Gasteiger partial charge is 0.345 e. The lowest BCUT2D eigenvalue weighted by Gasteiger charge is -2.32. The van der Waals surface area contributed by atoms with E-state index in [4.69, 9.17) is 6.42 Å². The third kappa shape index (κ3) is 2.46. The van der Waals surface area contributed by atoms with Gasteiger partial charge in [0.25, 0.3) is 0 Å². The molecule has 0 unspecified atom stereocenters. The highest BCUT2D eigenvalue weighted by atomic mass is 16.2. The smallest absolute Gasteiger partial charge is 0.226 e. The summed E-state index contributed by atoms with van der Waals surface area (Å²) in [6, 6.07) is 0. The zero-order chi connectivity index (χ0) is 9.73. The number of hydrogen-bond acceptors (Lipinski definition) is 2. The molecule has 13 heavy (non-hydrogen) atoms. The average Bonchev–Trinajstić information content (AvgIpc) is 2.15. The molecule has 0 aliphatic carbocycles. The fourth-order valence-electron chi connectivity index (χ4n) is 1.55. The normalized spacial score (nSPS) is 20.3. The zero-order valence-electron chi connectivity index (χ0n) is 8.02. The summed E-state index contributed by atoms with van der Waals surface area (Å²) in [5.74, 6) is 2.50. The van der Waals surface area contributed by atoms with Crippen LogP contribution in [0.2, 0.25) is 0 Å². The van der Waals surface area contributed by atoms with Gasteiger partial charge in [-0.1, -0.05) is 12.8 Å². The second kappa shape index (κ2) is 4.29. The van der Waals surface area contributed by atoms with Crippen molar-refractivity contribution in [2.24, 2.45) is 5.41 Å². The van der Waals surface area contributed by atoms with Gasteiger partial charge in [-0.15, -0.1) is 6.42 Å². The summed E-state index contributed by atoms with van der Waals surface area (Å²) in [4.78, 5) is 11.6. The van der Waals surface area contributed by atoms with Gasteiger partial charge in [0.1, 0.15) is 0 Å². The van der Waals surface area contributed by atoms with E-state index >= 15 is 0 Å². The first-order valence-electron chi connectivity index (χ1n) is 4.61. The Labute approximate surface area is 79.3 Å². The second-order valence-corrected chi connectivity index (χ2v) is 3.70. The van der Waals surface area contributed by atoms with E-state index in [-0.39, 0.29) is 11.3 Å². The number of nitrogens with one attached hydrogen (secondary N) is 2. The molecular formula is C10H16N2O. The molecule has 0 radical (unpaired) electrons. The maximum Gasteiger partial charge on any atom is 0.226 e. The van der Waals surface area contributed by atoms with Crippen molar-refractivity contribution in [2.45, 2.75) is 19.8 Å². The number of piperidine rings is 1. The number of carbonyl (C=O) groups excluding carboxylic acids is 1. The van der Waals surface area contributed by atoms with Gasteiger partial charge < -0.3 is 10.6 Å². The van der Waals surface area contributed by atoms with Gasteiger partial charge in [-0.2, -0.15) is 0 Å². The van der Waals surface area contributed by atoms with E-state index in [0.717, 1.165) is 25.9 Å².